The molecule has 0 aliphatic heterocycles. The smallest absolute Gasteiger partial charge is 0.226 e. The van der Waals surface area contributed by atoms with Gasteiger partial charge >= 0.3 is 0 Å². The fourth-order valence-electron chi connectivity index (χ4n) is 1.60. The summed E-state index contributed by atoms with van der Waals surface area (Å²) in [5, 5.41) is 5.66. The van der Waals surface area contributed by atoms with Crippen molar-refractivity contribution in [3.63, 3.8) is 0 Å². The normalized spacial score (nSPS) is 12.3. The van der Waals surface area contributed by atoms with Crippen molar-refractivity contribution in [2.24, 2.45) is 5.73 Å². The standard InChI is InChI=1S/C13H16ClN3OS2/c1-8(15)4-5-16-12(18)6-9-7-19-13(17-9)10-2-3-11(14)20-10/h2-3,7-8H,4-6,15H2,1H3,(H,16,18). The Bertz CT molecular complexity index is 580. The second kappa shape index (κ2) is 7.17. The maximum atomic E-state index is 11.7. The summed E-state index contributed by atoms with van der Waals surface area (Å²) in [6.07, 6.45) is 1.08. The number of rotatable bonds is 6. The second-order valence-electron chi connectivity index (χ2n) is 4.54. The third-order valence-corrected chi connectivity index (χ3v) is 4.89. The van der Waals surface area contributed by atoms with Crippen LogP contribution in [0.4, 0.5) is 0 Å². The minimum absolute atomic E-state index is 0.0216. The number of thiazole rings is 1. The van der Waals surface area contributed by atoms with Crippen molar-refractivity contribution < 1.29 is 4.79 Å². The molecular formula is C13H16ClN3OS2. The van der Waals surface area contributed by atoms with Gasteiger partial charge < -0.3 is 11.1 Å². The molecule has 1 amide bonds. The molecule has 2 aromatic rings. The van der Waals surface area contributed by atoms with E-state index in [2.05, 4.69) is 10.3 Å². The van der Waals surface area contributed by atoms with E-state index in [9.17, 15) is 4.79 Å². The lowest BCUT2D eigenvalue weighted by molar-refractivity contribution is -0.120. The molecule has 2 aromatic heterocycles. The second-order valence-corrected chi connectivity index (χ2v) is 7.11. The average molecular weight is 330 g/mol. The molecule has 0 spiro atoms. The van der Waals surface area contributed by atoms with Crippen molar-refractivity contribution in [2.75, 3.05) is 6.54 Å². The lowest BCUT2D eigenvalue weighted by Crippen LogP contribution is -2.30. The van der Waals surface area contributed by atoms with Crippen molar-refractivity contribution in [1.82, 2.24) is 10.3 Å². The summed E-state index contributed by atoms with van der Waals surface area (Å²) in [6.45, 7) is 2.53. The molecule has 108 valence electrons. The SMILES string of the molecule is CC(N)CCNC(=O)Cc1csc(-c2ccc(Cl)s2)n1. The zero-order valence-electron chi connectivity index (χ0n) is 11.1. The van der Waals surface area contributed by atoms with Gasteiger partial charge in [-0.15, -0.1) is 22.7 Å². The van der Waals surface area contributed by atoms with Gasteiger partial charge in [-0.1, -0.05) is 11.6 Å². The van der Waals surface area contributed by atoms with Gasteiger partial charge in [0.25, 0.3) is 0 Å². The fraction of sp³-hybridized carbons (Fsp3) is 0.385. The molecule has 20 heavy (non-hydrogen) atoms. The number of nitrogens with zero attached hydrogens (tertiary/aromatic N) is 1. The van der Waals surface area contributed by atoms with E-state index in [-0.39, 0.29) is 11.9 Å². The van der Waals surface area contributed by atoms with Crippen LogP contribution in [0.3, 0.4) is 0 Å². The Morgan fingerprint density at radius 2 is 2.35 bits per heavy atom. The van der Waals surface area contributed by atoms with Gasteiger partial charge in [0.15, 0.2) is 0 Å². The Morgan fingerprint density at radius 1 is 1.55 bits per heavy atom. The number of nitrogens with two attached hydrogens (primary N) is 1. The zero-order chi connectivity index (χ0) is 14.5. The molecule has 0 aromatic carbocycles. The molecule has 3 N–H and O–H groups in total. The highest BCUT2D eigenvalue weighted by Crippen LogP contribution is 2.32. The zero-order valence-corrected chi connectivity index (χ0v) is 13.4. The summed E-state index contributed by atoms with van der Waals surface area (Å²) >= 11 is 8.92. The summed E-state index contributed by atoms with van der Waals surface area (Å²) < 4.78 is 0.741. The molecule has 0 bridgehead atoms. The molecule has 2 heterocycles. The van der Waals surface area contributed by atoms with Crippen LogP contribution in [0.1, 0.15) is 19.0 Å². The van der Waals surface area contributed by atoms with Crippen molar-refractivity contribution in [1.29, 1.82) is 0 Å². The Labute approximate surface area is 131 Å². The molecule has 1 unspecified atom stereocenters. The molecule has 0 fully saturated rings. The van der Waals surface area contributed by atoms with E-state index < -0.39 is 0 Å². The van der Waals surface area contributed by atoms with Gasteiger partial charge in [-0.25, -0.2) is 4.98 Å². The molecule has 0 saturated carbocycles. The summed E-state index contributed by atoms with van der Waals surface area (Å²) in [7, 11) is 0. The van der Waals surface area contributed by atoms with Gasteiger partial charge in [-0.3, -0.25) is 4.79 Å². The highest BCUT2D eigenvalue weighted by molar-refractivity contribution is 7.23. The predicted octanol–water partition coefficient (Wildman–Crippen LogP) is 2.92. The summed E-state index contributed by atoms with van der Waals surface area (Å²) in [6, 6.07) is 3.89. The number of amides is 1. The first-order valence-electron chi connectivity index (χ1n) is 6.27. The van der Waals surface area contributed by atoms with Crippen LogP contribution in [0.2, 0.25) is 4.34 Å². The highest BCUT2D eigenvalue weighted by atomic mass is 35.5. The first-order valence-corrected chi connectivity index (χ1v) is 8.34. The van der Waals surface area contributed by atoms with E-state index in [0.717, 1.165) is 26.3 Å². The van der Waals surface area contributed by atoms with Crippen LogP contribution in [-0.2, 0) is 11.2 Å². The molecule has 0 saturated heterocycles. The molecule has 0 radical (unpaired) electrons. The third-order valence-electron chi connectivity index (χ3n) is 2.60. The minimum Gasteiger partial charge on any atom is -0.356 e. The van der Waals surface area contributed by atoms with E-state index in [4.69, 9.17) is 17.3 Å². The van der Waals surface area contributed by atoms with Crippen LogP contribution in [0.25, 0.3) is 9.88 Å². The third kappa shape index (κ3) is 4.56. The summed E-state index contributed by atoms with van der Waals surface area (Å²) in [5.41, 5.74) is 6.41. The van der Waals surface area contributed by atoms with Crippen molar-refractivity contribution in [2.45, 2.75) is 25.8 Å². The van der Waals surface area contributed by atoms with Gasteiger partial charge in [0.2, 0.25) is 5.91 Å². The summed E-state index contributed by atoms with van der Waals surface area (Å²) in [5.74, 6) is -0.0216. The lowest BCUT2D eigenvalue weighted by Gasteiger charge is -2.06. The molecular weight excluding hydrogens is 314 g/mol. The number of aromatic nitrogens is 1. The number of hydrogen-bond donors (Lipinski definition) is 2. The van der Waals surface area contributed by atoms with Crippen molar-refractivity contribution in [3.05, 3.63) is 27.5 Å². The van der Waals surface area contributed by atoms with Crippen LogP contribution in [-0.4, -0.2) is 23.5 Å². The van der Waals surface area contributed by atoms with Crippen LogP contribution in [0, 0.1) is 0 Å². The monoisotopic (exact) mass is 329 g/mol. The fourth-order valence-corrected chi connectivity index (χ4v) is 3.53. The molecule has 0 aliphatic rings. The van der Waals surface area contributed by atoms with E-state index in [1.54, 1.807) is 0 Å². The van der Waals surface area contributed by atoms with E-state index in [1.165, 1.54) is 22.7 Å². The van der Waals surface area contributed by atoms with Gasteiger partial charge in [0, 0.05) is 18.0 Å². The van der Waals surface area contributed by atoms with Gasteiger partial charge in [0.05, 0.1) is 21.3 Å². The Balaban J connectivity index is 1.88. The Hall–Kier alpha value is -0.950. The summed E-state index contributed by atoms with van der Waals surface area (Å²) in [4.78, 5) is 17.2. The predicted molar refractivity (Wildman–Crippen MR) is 85.4 cm³/mol. The van der Waals surface area contributed by atoms with Crippen molar-refractivity contribution in [3.8, 4) is 9.88 Å². The largest absolute Gasteiger partial charge is 0.356 e. The topological polar surface area (TPSA) is 68.0 Å². The maximum Gasteiger partial charge on any atom is 0.226 e. The minimum atomic E-state index is -0.0216. The van der Waals surface area contributed by atoms with Crippen molar-refractivity contribution >= 4 is 40.2 Å². The van der Waals surface area contributed by atoms with Crippen LogP contribution >= 0.6 is 34.3 Å². The molecule has 7 heteroatoms. The molecule has 2 rings (SSSR count). The quantitative estimate of drug-likeness (QED) is 0.856. The molecule has 0 aliphatic carbocycles. The average Bonchev–Trinajstić information content (AvgIpc) is 2.97. The Kier molecular flexibility index (Phi) is 5.54. The van der Waals surface area contributed by atoms with Crippen LogP contribution < -0.4 is 11.1 Å². The first kappa shape index (κ1) is 15.4. The van der Waals surface area contributed by atoms with E-state index in [0.29, 0.717) is 13.0 Å². The lowest BCUT2D eigenvalue weighted by atomic mass is 10.2. The van der Waals surface area contributed by atoms with Crippen LogP contribution in [0.15, 0.2) is 17.5 Å². The highest BCUT2D eigenvalue weighted by Gasteiger charge is 2.10. The Morgan fingerprint density at radius 3 is 3.00 bits per heavy atom. The number of thiophene rings is 1. The molecule has 4 nitrogen and oxygen atoms in total. The number of nitrogens with one attached hydrogen (secondary N) is 1. The van der Waals surface area contributed by atoms with Gasteiger partial charge in [-0.2, -0.15) is 0 Å². The van der Waals surface area contributed by atoms with E-state index in [1.807, 2.05) is 24.4 Å². The number of carbonyl (C=O) groups is 1. The first-order chi connectivity index (χ1) is 9.54. The van der Waals surface area contributed by atoms with Gasteiger partial charge in [-0.05, 0) is 25.5 Å². The number of carbonyl (C=O) groups excluding carboxylic acids is 1. The maximum absolute atomic E-state index is 11.7. The molecule has 1 atom stereocenters. The van der Waals surface area contributed by atoms with Gasteiger partial charge in [0.1, 0.15) is 5.01 Å². The number of hydrogen-bond acceptors (Lipinski definition) is 5. The van der Waals surface area contributed by atoms with Crippen LogP contribution in [0.5, 0.6) is 0 Å². The number of halogens is 1. The van der Waals surface area contributed by atoms with E-state index >= 15 is 0 Å².